The van der Waals surface area contributed by atoms with Gasteiger partial charge in [-0.05, 0) is 43.3 Å². The lowest BCUT2D eigenvalue weighted by Gasteiger charge is -2.08. The normalized spacial score (nSPS) is 10.6. The van der Waals surface area contributed by atoms with E-state index in [9.17, 15) is 0 Å². The van der Waals surface area contributed by atoms with Crippen molar-refractivity contribution in [3.63, 3.8) is 0 Å². The van der Waals surface area contributed by atoms with E-state index in [2.05, 4.69) is 22.0 Å². The van der Waals surface area contributed by atoms with Crippen molar-refractivity contribution in [3.8, 4) is 0 Å². The van der Waals surface area contributed by atoms with Crippen LogP contribution in [0.5, 0.6) is 0 Å². The van der Waals surface area contributed by atoms with Gasteiger partial charge >= 0.3 is 0 Å². The fourth-order valence-electron chi connectivity index (χ4n) is 1.89. The monoisotopic (exact) mass is 300 g/mol. The standard InChI is InChI=1S/C15H13ClN4O/c1-10(14-4-3-9-21-14)20-15(17-11(2)19-20)18-13-7-5-12(16)6-8-13/h3-9H,1H2,2H3,(H,17,18,19). The summed E-state index contributed by atoms with van der Waals surface area (Å²) in [4.78, 5) is 4.36. The maximum Gasteiger partial charge on any atom is 0.230 e. The molecule has 0 atom stereocenters. The Morgan fingerprint density at radius 2 is 2.05 bits per heavy atom. The number of hydrogen-bond donors (Lipinski definition) is 1. The highest BCUT2D eigenvalue weighted by molar-refractivity contribution is 6.30. The zero-order valence-electron chi connectivity index (χ0n) is 11.4. The predicted octanol–water partition coefficient (Wildman–Crippen LogP) is 4.10. The maximum absolute atomic E-state index is 5.88. The molecule has 106 valence electrons. The van der Waals surface area contributed by atoms with Crippen LogP contribution in [-0.4, -0.2) is 14.8 Å². The lowest BCUT2D eigenvalue weighted by Crippen LogP contribution is -2.04. The molecule has 0 aliphatic rings. The number of aryl methyl sites for hydroxylation is 1. The first-order valence-electron chi connectivity index (χ1n) is 6.33. The van der Waals surface area contributed by atoms with Crippen LogP contribution in [0.3, 0.4) is 0 Å². The lowest BCUT2D eigenvalue weighted by molar-refractivity contribution is 0.546. The Kier molecular flexibility index (Phi) is 3.50. The van der Waals surface area contributed by atoms with Gasteiger partial charge in [0.2, 0.25) is 5.95 Å². The third-order valence-electron chi connectivity index (χ3n) is 2.87. The summed E-state index contributed by atoms with van der Waals surface area (Å²) in [5.41, 5.74) is 1.47. The Morgan fingerprint density at radius 3 is 2.71 bits per heavy atom. The number of halogens is 1. The first-order valence-corrected chi connectivity index (χ1v) is 6.71. The van der Waals surface area contributed by atoms with Crippen molar-refractivity contribution in [2.24, 2.45) is 0 Å². The molecular formula is C15H13ClN4O. The Balaban J connectivity index is 1.92. The van der Waals surface area contributed by atoms with E-state index < -0.39 is 0 Å². The van der Waals surface area contributed by atoms with Crippen LogP contribution in [-0.2, 0) is 0 Å². The molecule has 0 aliphatic carbocycles. The van der Waals surface area contributed by atoms with Crippen LogP contribution >= 0.6 is 11.6 Å². The molecule has 0 bridgehead atoms. The van der Waals surface area contributed by atoms with E-state index in [0.717, 1.165) is 5.69 Å². The summed E-state index contributed by atoms with van der Waals surface area (Å²) in [6.45, 7) is 5.82. The Hall–Kier alpha value is -2.53. The summed E-state index contributed by atoms with van der Waals surface area (Å²) in [6.07, 6.45) is 1.59. The highest BCUT2D eigenvalue weighted by atomic mass is 35.5. The molecule has 5 nitrogen and oxygen atoms in total. The molecule has 2 aromatic heterocycles. The van der Waals surface area contributed by atoms with E-state index in [4.69, 9.17) is 16.0 Å². The van der Waals surface area contributed by atoms with E-state index in [1.54, 1.807) is 29.1 Å². The number of nitrogens with one attached hydrogen (secondary N) is 1. The van der Waals surface area contributed by atoms with Crippen molar-refractivity contribution in [1.29, 1.82) is 0 Å². The molecule has 3 aromatic rings. The zero-order chi connectivity index (χ0) is 14.8. The average Bonchev–Trinajstić information content (AvgIpc) is 3.10. The van der Waals surface area contributed by atoms with Crippen LogP contribution < -0.4 is 5.32 Å². The second-order valence-electron chi connectivity index (χ2n) is 4.45. The lowest BCUT2D eigenvalue weighted by atomic mass is 10.3. The maximum atomic E-state index is 5.88. The molecule has 0 unspecified atom stereocenters. The molecule has 0 aliphatic heterocycles. The summed E-state index contributed by atoms with van der Waals surface area (Å²) in [5.74, 6) is 1.84. The van der Waals surface area contributed by atoms with Gasteiger partial charge in [-0.3, -0.25) is 0 Å². The van der Waals surface area contributed by atoms with Crippen LogP contribution in [0, 0.1) is 6.92 Å². The van der Waals surface area contributed by atoms with Gasteiger partial charge in [0.05, 0.1) is 6.26 Å². The summed E-state index contributed by atoms with van der Waals surface area (Å²) >= 11 is 5.88. The van der Waals surface area contributed by atoms with Crippen molar-refractivity contribution < 1.29 is 4.42 Å². The van der Waals surface area contributed by atoms with Crippen LogP contribution in [0.2, 0.25) is 5.02 Å². The van der Waals surface area contributed by atoms with Gasteiger partial charge in [-0.1, -0.05) is 18.2 Å². The van der Waals surface area contributed by atoms with E-state index in [1.165, 1.54) is 0 Å². The number of aromatic nitrogens is 3. The van der Waals surface area contributed by atoms with Gasteiger partial charge in [0.15, 0.2) is 5.76 Å². The van der Waals surface area contributed by atoms with Crippen LogP contribution in [0.15, 0.2) is 53.7 Å². The molecule has 0 amide bonds. The van der Waals surface area contributed by atoms with Crippen LogP contribution in [0.25, 0.3) is 5.70 Å². The molecular weight excluding hydrogens is 288 g/mol. The first kappa shape index (κ1) is 13.5. The minimum absolute atomic E-state index is 0.566. The molecule has 0 saturated carbocycles. The second kappa shape index (κ2) is 5.46. The number of furan rings is 1. The predicted molar refractivity (Wildman–Crippen MR) is 82.6 cm³/mol. The molecule has 2 heterocycles. The smallest absolute Gasteiger partial charge is 0.230 e. The number of nitrogens with zero attached hydrogens (tertiary/aromatic N) is 3. The van der Waals surface area contributed by atoms with Crippen LogP contribution in [0.1, 0.15) is 11.6 Å². The van der Waals surface area contributed by atoms with Gasteiger partial charge < -0.3 is 9.73 Å². The molecule has 6 heteroatoms. The van der Waals surface area contributed by atoms with Gasteiger partial charge in [0.25, 0.3) is 0 Å². The van der Waals surface area contributed by atoms with Gasteiger partial charge in [0.1, 0.15) is 11.5 Å². The van der Waals surface area contributed by atoms with E-state index in [0.29, 0.717) is 28.3 Å². The number of hydrogen-bond acceptors (Lipinski definition) is 4. The van der Waals surface area contributed by atoms with Crippen LogP contribution in [0.4, 0.5) is 11.6 Å². The Bertz CT molecular complexity index is 760. The Morgan fingerprint density at radius 1 is 1.29 bits per heavy atom. The van der Waals surface area contributed by atoms with Gasteiger partial charge in [0, 0.05) is 10.7 Å². The highest BCUT2D eigenvalue weighted by Gasteiger charge is 2.13. The summed E-state index contributed by atoms with van der Waals surface area (Å²) in [7, 11) is 0. The molecule has 1 N–H and O–H groups in total. The van der Waals surface area contributed by atoms with Crippen molar-refractivity contribution in [1.82, 2.24) is 14.8 Å². The van der Waals surface area contributed by atoms with Gasteiger partial charge in [-0.2, -0.15) is 9.67 Å². The minimum Gasteiger partial charge on any atom is -0.463 e. The molecule has 21 heavy (non-hydrogen) atoms. The SMILES string of the molecule is C=C(c1ccco1)n1nc(C)nc1Nc1ccc(Cl)cc1. The zero-order valence-corrected chi connectivity index (χ0v) is 12.1. The topological polar surface area (TPSA) is 55.9 Å². The minimum atomic E-state index is 0.566. The summed E-state index contributed by atoms with van der Waals surface area (Å²) in [6, 6.07) is 11.0. The van der Waals surface area contributed by atoms with E-state index in [1.807, 2.05) is 25.1 Å². The third kappa shape index (κ3) is 2.83. The molecule has 0 fully saturated rings. The van der Waals surface area contributed by atoms with Gasteiger partial charge in [-0.15, -0.1) is 5.10 Å². The summed E-state index contributed by atoms with van der Waals surface area (Å²) in [5, 5.41) is 8.21. The summed E-state index contributed by atoms with van der Waals surface area (Å²) < 4.78 is 6.96. The molecule has 3 rings (SSSR count). The fourth-order valence-corrected chi connectivity index (χ4v) is 2.02. The van der Waals surface area contributed by atoms with Crippen molar-refractivity contribution >= 4 is 28.9 Å². The second-order valence-corrected chi connectivity index (χ2v) is 4.89. The van der Waals surface area contributed by atoms with Gasteiger partial charge in [-0.25, -0.2) is 0 Å². The average molecular weight is 301 g/mol. The largest absolute Gasteiger partial charge is 0.463 e. The first-order chi connectivity index (χ1) is 10.1. The van der Waals surface area contributed by atoms with E-state index >= 15 is 0 Å². The fraction of sp³-hybridized carbons (Fsp3) is 0.0667. The van der Waals surface area contributed by atoms with Crippen molar-refractivity contribution in [3.05, 3.63) is 65.8 Å². The highest BCUT2D eigenvalue weighted by Crippen LogP contribution is 2.22. The third-order valence-corrected chi connectivity index (χ3v) is 3.13. The van der Waals surface area contributed by atoms with E-state index in [-0.39, 0.29) is 0 Å². The molecule has 1 aromatic carbocycles. The number of benzene rings is 1. The molecule has 0 spiro atoms. The molecule has 0 radical (unpaired) electrons. The number of rotatable bonds is 4. The Labute approximate surface area is 126 Å². The number of anilines is 2. The quantitative estimate of drug-likeness (QED) is 0.788. The molecule has 0 saturated heterocycles. The van der Waals surface area contributed by atoms with Crippen molar-refractivity contribution in [2.75, 3.05) is 5.32 Å². The van der Waals surface area contributed by atoms with Crippen molar-refractivity contribution in [2.45, 2.75) is 6.92 Å².